The van der Waals surface area contributed by atoms with Gasteiger partial charge in [0.2, 0.25) is 5.91 Å². The van der Waals surface area contributed by atoms with Crippen LogP contribution in [0.3, 0.4) is 0 Å². The zero-order valence-electron chi connectivity index (χ0n) is 12.8. The zero-order valence-corrected chi connectivity index (χ0v) is 12.8. The van der Waals surface area contributed by atoms with Crippen LogP contribution in [0.15, 0.2) is 24.3 Å². The summed E-state index contributed by atoms with van der Waals surface area (Å²) in [7, 11) is 0. The lowest BCUT2D eigenvalue weighted by molar-refractivity contribution is -0.133. The number of rotatable bonds is 3. The van der Waals surface area contributed by atoms with E-state index in [1.165, 1.54) is 36.8 Å². The highest BCUT2D eigenvalue weighted by atomic mass is 16.2. The lowest BCUT2D eigenvalue weighted by atomic mass is 9.98. The third-order valence-electron chi connectivity index (χ3n) is 5.44. The third-order valence-corrected chi connectivity index (χ3v) is 5.44. The lowest BCUT2D eigenvalue weighted by Crippen LogP contribution is -2.44. The molecule has 1 amide bonds. The highest BCUT2D eigenvalue weighted by Gasteiger charge is 2.55. The maximum absolute atomic E-state index is 13.0. The normalized spacial score (nSPS) is 27.8. The van der Waals surface area contributed by atoms with Gasteiger partial charge in [-0.05, 0) is 43.2 Å². The Morgan fingerprint density at radius 1 is 1.19 bits per heavy atom. The first-order valence-electron chi connectivity index (χ1n) is 8.43. The zero-order chi connectivity index (χ0) is 14.4. The van der Waals surface area contributed by atoms with Crippen molar-refractivity contribution in [2.75, 3.05) is 0 Å². The molecule has 21 heavy (non-hydrogen) atoms. The Morgan fingerprint density at radius 2 is 1.86 bits per heavy atom. The van der Waals surface area contributed by atoms with Crippen molar-refractivity contribution in [2.24, 2.45) is 0 Å². The monoisotopic (exact) mass is 284 g/mol. The van der Waals surface area contributed by atoms with E-state index in [0.717, 1.165) is 19.3 Å². The molecule has 1 unspecified atom stereocenters. The van der Waals surface area contributed by atoms with Gasteiger partial charge < -0.3 is 4.90 Å². The molecule has 0 aromatic heterocycles. The van der Waals surface area contributed by atoms with Crippen LogP contribution in [-0.2, 0) is 11.2 Å². The van der Waals surface area contributed by atoms with Gasteiger partial charge in [0.25, 0.3) is 0 Å². The van der Waals surface area contributed by atoms with Crippen LogP contribution in [0.5, 0.6) is 0 Å². The molecule has 1 N–H and O–H groups in total. The number of hydrogen-bond acceptors (Lipinski definition) is 2. The van der Waals surface area contributed by atoms with Crippen molar-refractivity contribution in [2.45, 2.75) is 69.6 Å². The van der Waals surface area contributed by atoms with Crippen molar-refractivity contribution in [3.63, 3.8) is 0 Å². The molecular formula is C18H24N2O. The van der Waals surface area contributed by atoms with Crippen molar-refractivity contribution in [1.82, 2.24) is 10.2 Å². The Morgan fingerprint density at radius 3 is 2.43 bits per heavy atom. The number of nitrogens with zero attached hydrogens (tertiary/aromatic N) is 1. The number of carbonyl (C=O) groups is 1. The molecule has 0 bridgehead atoms. The Bertz CT molecular complexity index is 541. The van der Waals surface area contributed by atoms with E-state index in [9.17, 15) is 4.79 Å². The van der Waals surface area contributed by atoms with Gasteiger partial charge >= 0.3 is 0 Å². The van der Waals surface area contributed by atoms with Crippen LogP contribution in [-0.4, -0.2) is 22.4 Å². The van der Waals surface area contributed by atoms with Crippen LogP contribution in [0.4, 0.5) is 0 Å². The second-order valence-corrected chi connectivity index (χ2v) is 6.87. The van der Waals surface area contributed by atoms with Gasteiger partial charge in [-0.15, -0.1) is 0 Å². The lowest BCUT2D eigenvalue weighted by Gasteiger charge is -2.24. The fraction of sp³-hybridized carbons (Fsp3) is 0.611. The Hall–Kier alpha value is -1.35. The number of aryl methyl sites for hydroxylation is 1. The van der Waals surface area contributed by atoms with Gasteiger partial charge in [-0.3, -0.25) is 10.1 Å². The fourth-order valence-corrected chi connectivity index (χ4v) is 4.00. The van der Waals surface area contributed by atoms with Gasteiger partial charge in [0.1, 0.15) is 6.17 Å². The molecule has 3 aliphatic rings. The smallest absolute Gasteiger partial charge is 0.244 e. The van der Waals surface area contributed by atoms with Gasteiger partial charge in [0, 0.05) is 6.04 Å². The first-order chi connectivity index (χ1) is 10.2. The van der Waals surface area contributed by atoms with Gasteiger partial charge in [-0.2, -0.15) is 0 Å². The quantitative estimate of drug-likeness (QED) is 0.924. The molecule has 2 saturated carbocycles. The van der Waals surface area contributed by atoms with Gasteiger partial charge in [-0.25, -0.2) is 0 Å². The Kier molecular flexibility index (Phi) is 3.07. The molecule has 1 atom stereocenters. The van der Waals surface area contributed by atoms with E-state index in [1.807, 2.05) is 0 Å². The summed E-state index contributed by atoms with van der Waals surface area (Å²) in [5.74, 6) is 0.368. The molecule has 3 heteroatoms. The summed E-state index contributed by atoms with van der Waals surface area (Å²) in [5.41, 5.74) is 2.35. The van der Waals surface area contributed by atoms with Crippen LogP contribution >= 0.6 is 0 Å². The first kappa shape index (κ1) is 13.3. The van der Waals surface area contributed by atoms with Crippen molar-refractivity contribution in [1.29, 1.82) is 0 Å². The maximum Gasteiger partial charge on any atom is 0.244 e. The molecule has 1 aromatic carbocycles. The molecule has 1 aromatic rings. The number of benzene rings is 1. The van der Waals surface area contributed by atoms with E-state index in [2.05, 4.69) is 41.4 Å². The van der Waals surface area contributed by atoms with E-state index in [4.69, 9.17) is 0 Å². The minimum absolute atomic E-state index is 0.0917. The van der Waals surface area contributed by atoms with Crippen molar-refractivity contribution >= 4 is 5.91 Å². The second-order valence-electron chi connectivity index (χ2n) is 6.87. The Labute approximate surface area is 126 Å². The summed E-state index contributed by atoms with van der Waals surface area (Å²) in [6, 6.07) is 9.28. The SMILES string of the molecule is CCc1ccc(C2NC3(CCCC3)C(=O)N2C2CC2)cc1. The molecule has 1 heterocycles. The van der Waals surface area contributed by atoms with Gasteiger partial charge in [0.15, 0.2) is 0 Å². The average Bonchev–Trinajstić information content (AvgIpc) is 3.17. The molecule has 2 aliphatic carbocycles. The van der Waals surface area contributed by atoms with Crippen LogP contribution in [0, 0.1) is 0 Å². The van der Waals surface area contributed by atoms with Crippen LogP contribution in [0.2, 0.25) is 0 Å². The van der Waals surface area contributed by atoms with E-state index in [-0.39, 0.29) is 11.7 Å². The number of carbonyl (C=O) groups excluding carboxylic acids is 1. The molecule has 1 spiro atoms. The third kappa shape index (κ3) is 2.10. The van der Waals surface area contributed by atoms with E-state index >= 15 is 0 Å². The molecule has 1 saturated heterocycles. The molecule has 112 valence electrons. The van der Waals surface area contributed by atoms with E-state index < -0.39 is 0 Å². The largest absolute Gasteiger partial charge is 0.318 e. The Balaban J connectivity index is 1.67. The fourth-order valence-electron chi connectivity index (χ4n) is 4.00. The maximum atomic E-state index is 13.0. The summed E-state index contributed by atoms with van der Waals surface area (Å²) in [6.07, 6.45) is 7.89. The molecule has 1 aliphatic heterocycles. The predicted molar refractivity (Wildman–Crippen MR) is 82.8 cm³/mol. The minimum Gasteiger partial charge on any atom is -0.318 e. The predicted octanol–water partition coefficient (Wildman–Crippen LogP) is 3.15. The molecule has 4 rings (SSSR count). The average molecular weight is 284 g/mol. The van der Waals surface area contributed by atoms with Crippen molar-refractivity contribution in [3.05, 3.63) is 35.4 Å². The molecular weight excluding hydrogens is 260 g/mol. The summed E-state index contributed by atoms with van der Waals surface area (Å²) in [4.78, 5) is 15.1. The number of amides is 1. The number of hydrogen-bond donors (Lipinski definition) is 1. The van der Waals surface area contributed by atoms with E-state index in [0.29, 0.717) is 11.9 Å². The minimum atomic E-state index is -0.253. The highest BCUT2D eigenvalue weighted by Crippen LogP contribution is 2.45. The highest BCUT2D eigenvalue weighted by molar-refractivity contribution is 5.90. The van der Waals surface area contributed by atoms with Crippen LogP contribution in [0.25, 0.3) is 0 Å². The summed E-state index contributed by atoms with van der Waals surface area (Å²) >= 11 is 0. The van der Waals surface area contributed by atoms with Gasteiger partial charge in [-0.1, -0.05) is 44.0 Å². The number of nitrogens with one attached hydrogen (secondary N) is 1. The standard InChI is InChI=1S/C18H24N2O/c1-2-13-5-7-14(8-6-13)16-19-18(11-3-4-12-18)17(21)20(16)15-9-10-15/h5-8,15-16,19H,2-4,9-12H2,1H3. The summed E-state index contributed by atoms with van der Waals surface area (Å²) in [6.45, 7) is 2.18. The topological polar surface area (TPSA) is 32.3 Å². The van der Waals surface area contributed by atoms with Crippen molar-refractivity contribution < 1.29 is 4.79 Å². The van der Waals surface area contributed by atoms with Crippen LogP contribution in [0.1, 0.15) is 62.7 Å². The summed E-state index contributed by atoms with van der Waals surface area (Å²) < 4.78 is 0. The summed E-state index contributed by atoms with van der Waals surface area (Å²) in [5, 5.41) is 3.72. The first-order valence-corrected chi connectivity index (χ1v) is 8.43. The van der Waals surface area contributed by atoms with Gasteiger partial charge in [0.05, 0.1) is 5.54 Å². The molecule has 0 radical (unpaired) electrons. The second kappa shape index (κ2) is 4.84. The van der Waals surface area contributed by atoms with E-state index in [1.54, 1.807) is 0 Å². The molecule has 3 nitrogen and oxygen atoms in total. The molecule has 3 fully saturated rings. The van der Waals surface area contributed by atoms with Crippen molar-refractivity contribution in [3.8, 4) is 0 Å². The van der Waals surface area contributed by atoms with Crippen LogP contribution < -0.4 is 5.32 Å².